The van der Waals surface area contributed by atoms with Crippen molar-refractivity contribution in [1.82, 2.24) is 9.55 Å². The number of hydrogen-bond donors (Lipinski definition) is 0. The van der Waals surface area contributed by atoms with Crippen LogP contribution in [0.1, 0.15) is 32.5 Å². The topological polar surface area (TPSA) is 64.4 Å². The average Bonchev–Trinajstić information content (AvgIpc) is 3.00. The summed E-state index contributed by atoms with van der Waals surface area (Å²) in [6.07, 6.45) is 1.65. The fraction of sp³-hybridized carbons (Fsp3) is 0.611. The number of hydrogen-bond acceptors (Lipinski definition) is 4. The first kappa shape index (κ1) is 20.0. The second-order valence-electron chi connectivity index (χ2n) is 7.03. The number of anilines is 1. The lowest BCUT2D eigenvalue weighted by molar-refractivity contribution is 0.00222. The number of halogens is 2. The smallest absolute Gasteiger partial charge is 0.302 e. The second kappa shape index (κ2) is 7.35. The lowest BCUT2D eigenvalue weighted by Gasteiger charge is -2.24. The van der Waals surface area contributed by atoms with Crippen LogP contribution in [0.25, 0.3) is 11.0 Å². The first-order valence-corrected chi connectivity index (χ1v) is 10.7. The van der Waals surface area contributed by atoms with E-state index < -0.39 is 15.9 Å². The van der Waals surface area contributed by atoms with E-state index in [0.29, 0.717) is 36.5 Å². The highest BCUT2D eigenvalue weighted by molar-refractivity contribution is 7.92. The van der Waals surface area contributed by atoms with Crippen LogP contribution in [0.4, 0.5) is 14.5 Å². The summed E-state index contributed by atoms with van der Waals surface area (Å²) in [5.41, 5.74) is 1.37. The SMILES string of the molecule is CCS(=O)(=O)N(C)c1ccc2c(c1)nc(C(C)(F)F)n2CC1CCOCC1. The third-order valence-electron chi connectivity index (χ3n) is 5.05. The Balaban J connectivity index is 2.05. The van der Waals surface area contributed by atoms with Gasteiger partial charge in [-0.3, -0.25) is 4.31 Å². The van der Waals surface area contributed by atoms with E-state index >= 15 is 0 Å². The maximum atomic E-state index is 14.2. The Morgan fingerprint density at radius 2 is 2.00 bits per heavy atom. The Kier molecular flexibility index (Phi) is 5.45. The van der Waals surface area contributed by atoms with Gasteiger partial charge in [0.15, 0.2) is 5.82 Å². The van der Waals surface area contributed by atoms with Crippen molar-refractivity contribution in [3.05, 3.63) is 24.0 Å². The van der Waals surface area contributed by atoms with Crippen LogP contribution in [0.2, 0.25) is 0 Å². The van der Waals surface area contributed by atoms with Gasteiger partial charge >= 0.3 is 5.92 Å². The normalized spacial score (nSPS) is 16.8. The summed E-state index contributed by atoms with van der Waals surface area (Å²) in [6, 6.07) is 4.86. The van der Waals surface area contributed by atoms with Crippen LogP contribution >= 0.6 is 0 Å². The standard InChI is InChI=1S/C18H25F2N3O3S/c1-4-27(24,25)22(3)14-5-6-16-15(11-14)21-17(18(2,19)20)23(16)12-13-7-9-26-10-8-13/h5-6,11,13H,4,7-10,12H2,1-3H3. The number of fused-ring (bicyclic) bond motifs is 1. The minimum atomic E-state index is -3.44. The zero-order valence-electron chi connectivity index (χ0n) is 15.8. The van der Waals surface area contributed by atoms with Gasteiger partial charge in [0, 0.05) is 33.7 Å². The number of aromatic nitrogens is 2. The van der Waals surface area contributed by atoms with E-state index in [-0.39, 0.29) is 17.5 Å². The van der Waals surface area contributed by atoms with Crippen molar-refractivity contribution in [3.63, 3.8) is 0 Å². The maximum Gasteiger partial charge on any atom is 0.302 e. The number of nitrogens with zero attached hydrogens (tertiary/aromatic N) is 3. The van der Waals surface area contributed by atoms with Crippen LogP contribution < -0.4 is 4.31 Å². The molecule has 0 N–H and O–H groups in total. The molecular weight excluding hydrogens is 376 g/mol. The Morgan fingerprint density at radius 1 is 1.33 bits per heavy atom. The Morgan fingerprint density at radius 3 is 2.59 bits per heavy atom. The summed E-state index contributed by atoms with van der Waals surface area (Å²) < 4.78 is 60.7. The third kappa shape index (κ3) is 4.08. The molecule has 0 aliphatic carbocycles. The summed E-state index contributed by atoms with van der Waals surface area (Å²) in [5.74, 6) is -3.17. The zero-order chi connectivity index (χ0) is 19.8. The van der Waals surface area contributed by atoms with Gasteiger partial charge < -0.3 is 9.30 Å². The minimum absolute atomic E-state index is 0.0436. The zero-order valence-corrected chi connectivity index (χ0v) is 16.6. The van der Waals surface area contributed by atoms with Gasteiger partial charge in [-0.1, -0.05) is 0 Å². The summed E-state index contributed by atoms with van der Waals surface area (Å²) in [6.45, 7) is 4.12. The maximum absolute atomic E-state index is 14.2. The molecule has 1 aromatic heterocycles. The van der Waals surface area contributed by atoms with Crippen LogP contribution in [0.5, 0.6) is 0 Å². The van der Waals surface area contributed by atoms with Gasteiger partial charge in [0.2, 0.25) is 10.0 Å². The molecule has 1 aliphatic rings. The van der Waals surface area contributed by atoms with E-state index in [4.69, 9.17) is 4.74 Å². The van der Waals surface area contributed by atoms with Crippen LogP contribution in [0.15, 0.2) is 18.2 Å². The van der Waals surface area contributed by atoms with Crippen molar-refractivity contribution in [2.24, 2.45) is 5.92 Å². The molecule has 0 radical (unpaired) electrons. The van der Waals surface area contributed by atoms with Crippen LogP contribution in [-0.4, -0.2) is 44.0 Å². The van der Waals surface area contributed by atoms with Crippen molar-refractivity contribution in [1.29, 1.82) is 0 Å². The fourth-order valence-corrected chi connectivity index (χ4v) is 4.20. The molecule has 1 fully saturated rings. The van der Waals surface area contributed by atoms with Crippen molar-refractivity contribution in [2.75, 3.05) is 30.3 Å². The molecule has 150 valence electrons. The molecule has 0 spiro atoms. The summed E-state index contributed by atoms with van der Waals surface area (Å²) in [5, 5.41) is 0. The Labute approximate surface area is 158 Å². The van der Waals surface area contributed by atoms with Gasteiger partial charge in [-0.2, -0.15) is 8.78 Å². The van der Waals surface area contributed by atoms with Crippen molar-refractivity contribution in [3.8, 4) is 0 Å². The number of benzene rings is 1. The molecule has 27 heavy (non-hydrogen) atoms. The lowest BCUT2D eigenvalue weighted by Crippen LogP contribution is -2.27. The van der Waals surface area contributed by atoms with E-state index in [1.807, 2.05) is 0 Å². The number of alkyl halides is 2. The molecule has 1 aliphatic heterocycles. The van der Waals surface area contributed by atoms with Gasteiger partial charge in [-0.15, -0.1) is 0 Å². The first-order chi connectivity index (χ1) is 12.6. The minimum Gasteiger partial charge on any atom is -0.381 e. The summed E-state index contributed by atoms with van der Waals surface area (Å²) in [4.78, 5) is 4.16. The van der Waals surface area contributed by atoms with Crippen LogP contribution in [0.3, 0.4) is 0 Å². The molecule has 0 bridgehead atoms. The molecule has 0 atom stereocenters. The Bertz CT molecular complexity index is 916. The molecule has 3 rings (SSSR count). The van der Waals surface area contributed by atoms with Crippen LogP contribution in [0, 0.1) is 5.92 Å². The quantitative estimate of drug-likeness (QED) is 0.745. The first-order valence-electron chi connectivity index (χ1n) is 9.06. The van der Waals surface area contributed by atoms with Gasteiger partial charge in [-0.25, -0.2) is 13.4 Å². The predicted molar refractivity (Wildman–Crippen MR) is 101 cm³/mol. The average molecular weight is 401 g/mol. The molecule has 0 amide bonds. The fourth-order valence-electron chi connectivity index (χ4n) is 3.38. The predicted octanol–water partition coefficient (Wildman–Crippen LogP) is 3.36. The van der Waals surface area contributed by atoms with Crippen molar-refractivity contribution < 1.29 is 21.9 Å². The Hall–Kier alpha value is -1.74. The van der Waals surface area contributed by atoms with Crippen molar-refractivity contribution in [2.45, 2.75) is 39.2 Å². The molecule has 0 unspecified atom stereocenters. The third-order valence-corrected chi connectivity index (χ3v) is 6.83. The molecule has 6 nitrogen and oxygen atoms in total. The second-order valence-corrected chi connectivity index (χ2v) is 9.32. The number of rotatable bonds is 6. The van der Waals surface area contributed by atoms with Crippen molar-refractivity contribution >= 4 is 26.7 Å². The molecule has 9 heteroatoms. The molecule has 2 aromatic rings. The lowest BCUT2D eigenvalue weighted by atomic mass is 10.00. The molecule has 1 aromatic carbocycles. The number of sulfonamides is 1. The van der Waals surface area contributed by atoms with E-state index in [9.17, 15) is 17.2 Å². The monoisotopic (exact) mass is 401 g/mol. The highest BCUT2D eigenvalue weighted by Gasteiger charge is 2.33. The summed E-state index contributed by atoms with van der Waals surface area (Å²) >= 11 is 0. The van der Waals surface area contributed by atoms with Gasteiger partial charge in [0.1, 0.15) is 0 Å². The van der Waals surface area contributed by atoms with E-state index in [1.165, 1.54) is 7.05 Å². The highest BCUT2D eigenvalue weighted by Crippen LogP contribution is 2.33. The molecule has 2 heterocycles. The van der Waals surface area contributed by atoms with Gasteiger partial charge in [0.05, 0.1) is 22.5 Å². The van der Waals surface area contributed by atoms with Crippen LogP contribution in [-0.2, 0) is 27.2 Å². The van der Waals surface area contributed by atoms with E-state index in [2.05, 4.69) is 4.98 Å². The number of ether oxygens (including phenoxy) is 1. The van der Waals surface area contributed by atoms with E-state index in [1.54, 1.807) is 29.7 Å². The summed E-state index contributed by atoms with van der Waals surface area (Å²) in [7, 11) is -1.98. The van der Waals surface area contributed by atoms with Gasteiger partial charge in [0.25, 0.3) is 0 Å². The largest absolute Gasteiger partial charge is 0.381 e. The number of imidazole rings is 1. The molecule has 0 saturated carbocycles. The highest BCUT2D eigenvalue weighted by atomic mass is 32.2. The molecule has 1 saturated heterocycles. The van der Waals surface area contributed by atoms with E-state index in [0.717, 1.165) is 24.1 Å². The van der Waals surface area contributed by atoms with Gasteiger partial charge in [-0.05, 0) is 43.9 Å². The molecular formula is C18H25F2N3O3S.